The van der Waals surface area contributed by atoms with Gasteiger partial charge in [0.25, 0.3) is 0 Å². The first-order valence-corrected chi connectivity index (χ1v) is 8.60. The van der Waals surface area contributed by atoms with Crippen molar-refractivity contribution in [1.29, 1.82) is 0 Å². The van der Waals surface area contributed by atoms with Crippen molar-refractivity contribution in [2.24, 2.45) is 13.0 Å². The van der Waals surface area contributed by atoms with Crippen molar-refractivity contribution in [3.63, 3.8) is 0 Å². The molecule has 1 heterocycles. The van der Waals surface area contributed by atoms with E-state index in [-0.39, 0.29) is 11.9 Å². The lowest BCUT2D eigenvalue weighted by molar-refractivity contribution is -0.145. The Hall–Kier alpha value is -2.81. The minimum Gasteiger partial charge on any atom is -0.469 e. The van der Waals surface area contributed by atoms with Gasteiger partial charge in [0.2, 0.25) is 0 Å². The van der Waals surface area contributed by atoms with Gasteiger partial charge in [-0.3, -0.25) is 4.79 Å². The van der Waals surface area contributed by atoms with Crippen LogP contribution in [0.3, 0.4) is 0 Å². The summed E-state index contributed by atoms with van der Waals surface area (Å²) in [6.07, 6.45) is 3.59. The number of benzene rings is 2. The Balaban J connectivity index is 1.99. The van der Waals surface area contributed by atoms with Crippen LogP contribution in [0.25, 0.3) is 16.5 Å². The van der Waals surface area contributed by atoms with Crippen LogP contribution in [-0.2, 0) is 23.0 Å². The maximum absolute atomic E-state index is 12.2. The Morgan fingerprint density at radius 3 is 2.56 bits per heavy atom. The van der Waals surface area contributed by atoms with Crippen LogP contribution < -0.4 is 0 Å². The number of allylic oxidation sites excluding steroid dienone is 1. The summed E-state index contributed by atoms with van der Waals surface area (Å²) in [5, 5.41) is 1.24. The first-order valence-electron chi connectivity index (χ1n) is 8.60. The van der Waals surface area contributed by atoms with E-state index in [2.05, 4.69) is 66.2 Å². The van der Waals surface area contributed by atoms with Crippen LogP contribution in [0.5, 0.6) is 0 Å². The zero-order chi connectivity index (χ0) is 17.4. The van der Waals surface area contributed by atoms with Crippen molar-refractivity contribution in [1.82, 2.24) is 4.57 Å². The van der Waals surface area contributed by atoms with Gasteiger partial charge in [-0.1, -0.05) is 54.6 Å². The summed E-state index contributed by atoms with van der Waals surface area (Å²) >= 11 is 0. The van der Waals surface area contributed by atoms with E-state index in [4.69, 9.17) is 4.74 Å². The molecule has 1 aliphatic carbocycles. The van der Waals surface area contributed by atoms with Gasteiger partial charge in [0, 0.05) is 35.6 Å². The molecule has 3 nitrogen and oxygen atoms in total. The van der Waals surface area contributed by atoms with E-state index in [1.165, 1.54) is 40.4 Å². The molecule has 0 saturated carbocycles. The molecule has 1 atom stereocenters. The maximum atomic E-state index is 12.2. The van der Waals surface area contributed by atoms with Crippen LogP contribution in [0.2, 0.25) is 0 Å². The van der Waals surface area contributed by atoms with Gasteiger partial charge in [0.15, 0.2) is 0 Å². The Bertz CT molecular complexity index is 966. The smallest absolute Gasteiger partial charge is 0.309 e. The first kappa shape index (κ1) is 15.7. The predicted molar refractivity (Wildman–Crippen MR) is 100 cm³/mol. The van der Waals surface area contributed by atoms with Crippen LogP contribution in [0.1, 0.15) is 23.2 Å². The van der Waals surface area contributed by atoms with Crippen molar-refractivity contribution in [3.8, 4) is 0 Å². The van der Waals surface area contributed by atoms with Crippen molar-refractivity contribution in [3.05, 3.63) is 77.5 Å². The zero-order valence-corrected chi connectivity index (χ0v) is 14.5. The van der Waals surface area contributed by atoms with E-state index < -0.39 is 0 Å². The molecule has 1 aliphatic rings. The number of fused-ring (bicyclic) bond motifs is 3. The summed E-state index contributed by atoms with van der Waals surface area (Å²) in [7, 11) is 3.56. The van der Waals surface area contributed by atoms with Gasteiger partial charge in [0.1, 0.15) is 0 Å². The third kappa shape index (κ3) is 2.56. The number of nitrogens with zero attached hydrogens (tertiary/aromatic N) is 1. The number of aryl methyl sites for hydroxylation is 1. The molecule has 0 saturated heterocycles. The van der Waals surface area contributed by atoms with E-state index in [1.807, 2.05) is 6.07 Å². The lowest BCUT2D eigenvalue weighted by atomic mass is 9.95. The Kier molecular flexibility index (Phi) is 3.92. The fourth-order valence-corrected chi connectivity index (χ4v) is 3.89. The van der Waals surface area contributed by atoms with Gasteiger partial charge in [0.05, 0.1) is 13.0 Å². The molecule has 1 unspecified atom stereocenters. The van der Waals surface area contributed by atoms with E-state index in [0.29, 0.717) is 12.8 Å². The lowest BCUT2D eigenvalue weighted by Gasteiger charge is -2.12. The Labute approximate surface area is 147 Å². The largest absolute Gasteiger partial charge is 0.469 e. The summed E-state index contributed by atoms with van der Waals surface area (Å²) in [6.45, 7) is 0. The van der Waals surface area contributed by atoms with Crippen molar-refractivity contribution >= 4 is 22.4 Å². The number of rotatable bonds is 2. The molecule has 3 heteroatoms. The SMILES string of the molecule is COC(=O)C1CC=C(c2ccccc2)c2c(n(C)c3ccccc23)C1. The molecule has 0 N–H and O–H groups in total. The van der Waals surface area contributed by atoms with Gasteiger partial charge < -0.3 is 9.30 Å². The number of hydrogen-bond donors (Lipinski definition) is 0. The van der Waals surface area contributed by atoms with Crippen molar-refractivity contribution in [2.45, 2.75) is 12.8 Å². The fraction of sp³-hybridized carbons (Fsp3) is 0.227. The third-order valence-corrected chi connectivity index (χ3v) is 5.16. The fourth-order valence-electron chi connectivity index (χ4n) is 3.89. The second-order valence-corrected chi connectivity index (χ2v) is 6.54. The monoisotopic (exact) mass is 331 g/mol. The summed E-state index contributed by atoms with van der Waals surface area (Å²) in [4.78, 5) is 12.2. The molecule has 0 radical (unpaired) electrons. The number of ether oxygens (including phenoxy) is 1. The van der Waals surface area contributed by atoms with E-state index in [1.54, 1.807) is 0 Å². The second kappa shape index (κ2) is 6.25. The van der Waals surface area contributed by atoms with Crippen LogP contribution in [0, 0.1) is 5.92 Å². The standard InChI is InChI=1S/C22H21NO2/c1-23-19-11-7-6-10-18(19)21-17(15-8-4-3-5-9-15)13-12-16(14-20(21)23)22(24)25-2/h3-11,13,16H,12,14H2,1-2H3. The summed E-state index contributed by atoms with van der Waals surface area (Å²) in [5.74, 6) is -0.283. The van der Waals surface area contributed by atoms with Crippen LogP contribution in [0.15, 0.2) is 60.7 Å². The molecule has 25 heavy (non-hydrogen) atoms. The molecule has 3 aromatic rings. The molecule has 0 amide bonds. The van der Waals surface area contributed by atoms with Gasteiger partial charge in [-0.2, -0.15) is 0 Å². The topological polar surface area (TPSA) is 31.2 Å². The Morgan fingerprint density at radius 1 is 1.08 bits per heavy atom. The number of para-hydroxylation sites is 1. The normalized spacial score (nSPS) is 16.9. The highest BCUT2D eigenvalue weighted by Crippen LogP contribution is 2.39. The van der Waals surface area contributed by atoms with Crippen molar-refractivity contribution < 1.29 is 9.53 Å². The molecule has 0 spiro atoms. The minimum atomic E-state index is -0.145. The number of aromatic nitrogens is 1. The number of carbonyl (C=O) groups excluding carboxylic acids is 1. The van der Waals surface area contributed by atoms with Gasteiger partial charge in [-0.05, 0) is 23.6 Å². The first-order chi connectivity index (χ1) is 12.2. The van der Waals surface area contributed by atoms with Gasteiger partial charge in [-0.15, -0.1) is 0 Å². The van der Waals surface area contributed by atoms with Crippen LogP contribution >= 0.6 is 0 Å². The number of carbonyl (C=O) groups is 1. The molecule has 2 aromatic carbocycles. The molecule has 0 aliphatic heterocycles. The van der Waals surface area contributed by atoms with E-state index in [0.717, 1.165) is 0 Å². The highest BCUT2D eigenvalue weighted by Gasteiger charge is 2.28. The van der Waals surface area contributed by atoms with E-state index >= 15 is 0 Å². The highest BCUT2D eigenvalue weighted by molar-refractivity contribution is 5.99. The third-order valence-electron chi connectivity index (χ3n) is 5.16. The quantitative estimate of drug-likeness (QED) is 0.654. The molecular formula is C22H21NO2. The summed E-state index contributed by atoms with van der Waals surface area (Å²) in [6, 6.07) is 18.9. The van der Waals surface area contributed by atoms with Gasteiger partial charge >= 0.3 is 5.97 Å². The zero-order valence-electron chi connectivity index (χ0n) is 14.5. The summed E-state index contributed by atoms with van der Waals surface area (Å²) < 4.78 is 7.26. The Morgan fingerprint density at radius 2 is 1.80 bits per heavy atom. The second-order valence-electron chi connectivity index (χ2n) is 6.54. The lowest BCUT2D eigenvalue weighted by Crippen LogP contribution is -2.19. The molecule has 126 valence electrons. The molecule has 0 fully saturated rings. The van der Waals surface area contributed by atoms with Crippen LogP contribution in [-0.4, -0.2) is 17.6 Å². The van der Waals surface area contributed by atoms with E-state index in [9.17, 15) is 4.79 Å². The molecule has 4 rings (SSSR count). The molecule has 1 aromatic heterocycles. The van der Waals surface area contributed by atoms with Crippen molar-refractivity contribution in [2.75, 3.05) is 7.11 Å². The minimum absolute atomic E-state index is 0.137. The number of esters is 1. The number of methoxy groups -OCH3 is 1. The summed E-state index contributed by atoms with van der Waals surface area (Å²) in [5.41, 5.74) is 6.03. The van der Waals surface area contributed by atoms with Crippen LogP contribution in [0.4, 0.5) is 0 Å². The van der Waals surface area contributed by atoms with Gasteiger partial charge in [-0.25, -0.2) is 0 Å². The number of hydrogen-bond acceptors (Lipinski definition) is 2. The highest BCUT2D eigenvalue weighted by atomic mass is 16.5. The average molecular weight is 331 g/mol. The predicted octanol–water partition coefficient (Wildman–Crippen LogP) is 4.35. The maximum Gasteiger partial charge on any atom is 0.309 e. The average Bonchev–Trinajstić information content (AvgIpc) is 2.83. The molecular weight excluding hydrogens is 310 g/mol. The molecule has 0 bridgehead atoms.